The van der Waals surface area contributed by atoms with E-state index in [4.69, 9.17) is 4.42 Å². The van der Waals surface area contributed by atoms with Crippen molar-refractivity contribution >= 4 is 0 Å². The Balaban J connectivity index is 1.76. The summed E-state index contributed by atoms with van der Waals surface area (Å²) in [5.74, 6) is 0.973. The van der Waals surface area contributed by atoms with Gasteiger partial charge < -0.3 is 9.73 Å². The van der Waals surface area contributed by atoms with Crippen molar-refractivity contribution in [1.82, 2.24) is 10.3 Å². The highest BCUT2D eigenvalue weighted by Gasteiger charge is 2.06. The Labute approximate surface area is 95.5 Å². The van der Waals surface area contributed by atoms with Crippen LogP contribution < -0.4 is 5.32 Å². The highest BCUT2D eigenvalue weighted by Crippen LogP contribution is 2.11. The van der Waals surface area contributed by atoms with Gasteiger partial charge in [-0.2, -0.15) is 0 Å². The first-order chi connectivity index (χ1) is 7.86. The molecule has 0 amide bonds. The van der Waals surface area contributed by atoms with E-state index in [0.717, 1.165) is 24.4 Å². The normalized spacial score (nSPS) is 12.6. The van der Waals surface area contributed by atoms with Crippen molar-refractivity contribution < 1.29 is 4.42 Å². The van der Waals surface area contributed by atoms with Crippen molar-refractivity contribution in [2.24, 2.45) is 0 Å². The van der Waals surface area contributed by atoms with Crippen LogP contribution in [0.5, 0.6) is 0 Å². The van der Waals surface area contributed by atoms with E-state index in [9.17, 15) is 0 Å². The average Bonchev–Trinajstić information content (AvgIpc) is 2.84. The highest BCUT2D eigenvalue weighted by molar-refractivity contribution is 5.05. The zero-order valence-electron chi connectivity index (χ0n) is 9.39. The van der Waals surface area contributed by atoms with E-state index < -0.39 is 0 Å². The molecule has 0 saturated carbocycles. The molecule has 0 unspecified atom stereocenters. The number of nitrogens with one attached hydrogen (secondary N) is 1. The second-order valence-corrected chi connectivity index (χ2v) is 3.76. The van der Waals surface area contributed by atoms with E-state index in [1.165, 1.54) is 0 Å². The lowest BCUT2D eigenvalue weighted by atomic mass is 10.2. The predicted molar refractivity (Wildman–Crippen MR) is 63.1 cm³/mol. The van der Waals surface area contributed by atoms with Crippen LogP contribution in [0.2, 0.25) is 0 Å². The molecule has 0 saturated heterocycles. The van der Waals surface area contributed by atoms with E-state index in [-0.39, 0.29) is 6.04 Å². The second kappa shape index (κ2) is 5.47. The van der Waals surface area contributed by atoms with E-state index in [1.807, 2.05) is 36.5 Å². The van der Waals surface area contributed by atoms with Crippen LogP contribution in [0.1, 0.15) is 24.4 Å². The molecule has 0 spiro atoms. The van der Waals surface area contributed by atoms with E-state index in [2.05, 4.69) is 17.2 Å². The maximum Gasteiger partial charge on any atom is 0.120 e. The molecule has 0 aliphatic carbocycles. The number of furan rings is 1. The SMILES string of the molecule is C[C@H](NCCc1ccccn1)c1ccco1. The summed E-state index contributed by atoms with van der Waals surface area (Å²) in [5, 5.41) is 3.40. The summed E-state index contributed by atoms with van der Waals surface area (Å²) in [6, 6.07) is 10.1. The lowest BCUT2D eigenvalue weighted by Gasteiger charge is -2.10. The minimum Gasteiger partial charge on any atom is -0.468 e. The first-order valence-electron chi connectivity index (χ1n) is 5.53. The molecule has 2 aromatic heterocycles. The van der Waals surface area contributed by atoms with Gasteiger partial charge in [0.15, 0.2) is 0 Å². The van der Waals surface area contributed by atoms with Gasteiger partial charge in [-0.05, 0) is 31.2 Å². The topological polar surface area (TPSA) is 38.1 Å². The van der Waals surface area contributed by atoms with Crippen molar-refractivity contribution in [1.29, 1.82) is 0 Å². The Kier molecular flexibility index (Phi) is 3.72. The van der Waals surface area contributed by atoms with Gasteiger partial charge in [0.05, 0.1) is 12.3 Å². The number of aromatic nitrogens is 1. The van der Waals surface area contributed by atoms with Crippen LogP contribution in [-0.2, 0) is 6.42 Å². The zero-order chi connectivity index (χ0) is 11.2. The van der Waals surface area contributed by atoms with Gasteiger partial charge in [0.2, 0.25) is 0 Å². The third-order valence-corrected chi connectivity index (χ3v) is 2.53. The summed E-state index contributed by atoms with van der Waals surface area (Å²) >= 11 is 0. The van der Waals surface area contributed by atoms with Crippen molar-refractivity contribution in [2.45, 2.75) is 19.4 Å². The molecule has 3 heteroatoms. The number of hydrogen-bond donors (Lipinski definition) is 1. The van der Waals surface area contributed by atoms with E-state index >= 15 is 0 Å². The molecule has 16 heavy (non-hydrogen) atoms. The zero-order valence-corrected chi connectivity index (χ0v) is 9.39. The average molecular weight is 216 g/mol. The quantitative estimate of drug-likeness (QED) is 0.834. The fourth-order valence-electron chi connectivity index (χ4n) is 1.60. The molecule has 84 valence electrons. The minimum absolute atomic E-state index is 0.249. The van der Waals surface area contributed by atoms with E-state index in [1.54, 1.807) is 6.26 Å². The maximum atomic E-state index is 5.32. The number of rotatable bonds is 5. The Hall–Kier alpha value is -1.61. The van der Waals surface area contributed by atoms with Crippen LogP contribution in [0.15, 0.2) is 47.2 Å². The van der Waals surface area contributed by atoms with Crippen LogP contribution in [0.3, 0.4) is 0 Å². The second-order valence-electron chi connectivity index (χ2n) is 3.76. The molecular formula is C13H16N2O. The molecule has 0 fully saturated rings. The van der Waals surface area contributed by atoms with E-state index in [0.29, 0.717) is 0 Å². The lowest BCUT2D eigenvalue weighted by molar-refractivity contribution is 0.432. The highest BCUT2D eigenvalue weighted by atomic mass is 16.3. The summed E-state index contributed by atoms with van der Waals surface area (Å²) in [4.78, 5) is 4.27. The first kappa shape index (κ1) is 10.9. The van der Waals surface area contributed by atoms with Gasteiger partial charge in [0.25, 0.3) is 0 Å². The molecule has 1 atom stereocenters. The molecule has 2 aromatic rings. The van der Waals surface area contributed by atoms with Crippen molar-refractivity contribution in [2.75, 3.05) is 6.54 Å². The minimum atomic E-state index is 0.249. The Bertz CT molecular complexity index is 397. The molecule has 1 N–H and O–H groups in total. The van der Waals surface area contributed by atoms with Crippen molar-refractivity contribution in [3.63, 3.8) is 0 Å². The largest absolute Gasteiger partial charge is 0.468 e. The third-order valence-electron chi connectivity index (χ3n) is 2.53. The van der Waals surface area contributed by atoms with Gasteiger partial charge in [-0.3, -0.25) is 4.98 Å². The molecular weight excluding hydrogens is 200 g/mol. The molecule has 2 heterocycles. The standard InChI is InChI=1S/C13H16N2O/c1-11(13-6-4-10-16-13)14-9-7-12-5-2-3-8-15-12/h2-6,8,10-11,14H,7,9H2,1H3/t11-/m0/s1. The molecule has 3 nitrogen and oxygen atoms in total. The van der Waals surface area contributed by atoms with Crippen LogP contribution in [0.4, 0.5) is 0 Å². The Morgan fingerprint density at radius 1 is 1.31 bits per heavy atom. The van der Waals surface area contributed by atoms with Crippen LogP contribution >= 0.6 is 0 Å². The third kappa shape index (κ3) is 2.94. The summed E-state index contributed by atoms with van der Waals surface area (Å²) < 4.78 is 5.32. The Morgan fingerprint density at radius 3 is 2.94 bits per heavy atom. The molecule has 0 bridgehead atoms. The van der Waals surface area contributed by atoms with Crippen molar-refractivity contribution in [3.8, 4) is 0 Å². The Morgan fingerprint density at radius 2 is 2.25 bits per heavy atom. The molecule has 2 rings (SSSR count). The number of hydrogen-bond acceptors (Lipinski definition) is 3. The first-order valence-corrected chi connectivity index (χ1v) is 5.53. The van der Waals surface area contributed by atoms with Crippen LogP contribution in [0.25, 0.3) is 0 Å². The van der Waals surface area contributed by atoms with Gasteiger partial charge >= 0.3 is 0 Å². The van der Waals surface area contributed by atoms with Crippen molar-refractivity contribution in [3.05, 3.63) is 54.2 Å². The van der Waals surface area contributed by atoms with Gasteiger partial charge in [-0.1, -0.05) is 6.07 Å². The number of pyridine rings is 1. The molecule has 0 aromatic carbocycles. The van der Waals surface area contributed by atoms with Crippen LogP contribution in [-0.4, -0.2) is 11.5 Å². The monoisotopic (exact) mass is 216 g/mol. The molecule has 0 aliphatic heterocycles. The summed E-state index contributed by atoms with van der Waals surface area (Å²) in [6.07, 6.45) is 4.46. The lowest BCUT2D eigenvalue weighted by Crippen LogP contribution is -2.21. The van der Waals surface area contributed by atoms with Gasteiger partial charge in [-0.15, -0.1) is 0 Å². The summed E-state index contributed by atoms with van der Waals surface area (Å²) in [7, 11) is 0. The fourth-order valence-corrected chi connectivity index (χ4v) is 1.60. The molecule has 0 aliphatic rings. The van der Waals surface area contributed by atoms with Crippen LogP contribution in [0, 0.1) is 0 Å². The van der Waals surface area contributed by atoms with Gasteiger partial charge in [-0.25, -0.2) is 0 Å². The predicted octanol–water partition coefficient (Wildman–Crippen LogP) is 2.57. The number of nitrogens with zero attached hydrogens (tertiary/aromatic N) is 1. The fraction of sp³-hybridized carbons (Fsp3) is 0.308. The summed E-state index contributed by atoms with van der Waals surface area (Å²) in [5.41, 5.74) is 1.11. The van der Waals surface area contributed by atoms with Gasteiger partial charge in [0.1, 0.15) is 5.76 Å². The maximum absolute atomic E-state index is 5.32. The van der Waals surface area contributed by atoms with Gasteiger partial charge in [0, 0.05) is 24.9 Å². The molecule has 0 radical (unpaired) electrons. The smallest absolute Gasteiger partial charge is 0.120 e. The summed E-state index contributed by atoms with van der Waals surface area (Å²) in [6.45, 7) is 3.00.